The summed E-state index contributed by atoms with van der Waals surface area (Å²) in [7, 11) is 0. The van der Waals surface area contributed by atoms with Crippen molar-refractivity contribution in [2.75, 3.05) is 0 Å². The van der Waals surface area contributed by atoms with Crippen molar-refractivity contribution in [2.45, 2.75) is 6.92 Å². The number of rotatable bonds is 3. The topological polar surface area (TPSA) is 55.6 Å². The Balaban J connectivity index is 2.34. The van der Waals surface area contributed by atoms with Crippen molar-refractivity contribution in [3.63, 3.8) is 0 Å². The molecule has 3 rings (SSSR count). The fraction of sp³-hybridized carbons (Fsp3) is 0.0556. The lowest BCUT2D eigenvalue weighted by Crippen LogP contribution is -2.23. The average Bonchev–Trinajstić information content (AvgIpc) is 2.55. The second-order valence-corrected chi connectivity index (χ2v) is 4.98. The maximum Gasteiger partial charge on any atom is 0.265 e. The van der Waals surface area contributed by atoms with Crippen LogP contribution in [0.4, 0.5) is 0 Å². The molecular formula is C18H13NO3. The molecule has 0 aliphatic carbocycles. The zero-order valence-electron chi connectivity index (χ0n) is 11.9. The minimum atomic E-state index is -0.410. The summed E-state index contributed by atoms with van der Waals surface area (Å²) in [4.78, 5) is 36.7. The minimum absolute atomic E-state index is 0.0166. The summed E-state index contributed by atoms with van der Waals surface area (Å²) < 4.78 is 1.34. The molecule has 22 heavy (non-hydrogen) atoms. The maximum atomic E-state index is 12.7. The highest BCUT2D eigenvalue weighted by molar-refractivity contribution is 6.14. The van der Waals surface area contributed by atoms with Crippen molar-refractivity contribution in [1.29, 1.82) is 0 Å². The van der Waals surface area contributed by atoms with Crippen LogP contribution in [0.5, 0.6) is 0 Å². The molecule has 0 saturated heterocycles. The van der Waals surface area contributed by atoms with E-state index in [0.717, 1.165) is 0 Å². The molecule has 0 N–H and O–H groups in total. The summed E-state index contributed by atoms with van der Waals surface area (Å²) in [6.07, 6.45) is 1.56. The number of ketones is 2. The molecular weight excluding hydrogens is 278 g/mol. The van der Waals surface area contributed by atoms with E-state index in [9.17, 15) is 14.4 Å². The lowest BCUT2D eigenvalue weighted by Gasteiger charge is -2.09. The van der Waals surface area contributed by atoms with E-state index < -0.39 is 5.56 Å². The van der Waals surface area contributed by atoms with E-state index in [1.54, 1.807) is 48.7 Å². The summed E-state index contributed by atoms with van der Waals surface area (Å²) in [6.45, 7) is 1.32. The van der Waals surface area contributed by atoms with E-state index in [1.165, 1.54) is 17.4 Å². The van der Waals surface area contributed by atoms with Gasteiger partial charge in [-0.05, 0) is 25.1 Å². The molecule has 0 atom stereocenters. The normalized spacial score (nSPS) is 10.6. The standard InChI is InChI=1S/C18H13NO3/c1-12(20)14-11-15(17(21)13-7-3-2-4-8-13)16-9-5-6-10-19(16)18(14)22/h2-11H,1H3. The molecule has 0 unspecified atom stereocenters. The second kappa shape index (κ2) is 5.41. The second-order valence-electron chi connectivity index (χ2n) is 4.98. The third-order valence-corrected chi connectivity index (χ3v) is 3.53. The van der Waals surface area contributed by atoms with E-state index in [-0.39, 0.29) is 17.1 Å². The molecule has 2 aromatic heterocycles. The van der Waals surface area contributed by atoms with Crippen LogP contribution >= 0.6 is 0 Å². The first kappa shape index (κ1) is 13.9. The molecule has 0 fully saturated rings. The highest BCUT2D eigenvalue weighted by atomic mass is 16.1. The van der Waals surface area contributed by atoms with Crippen LogP contribution in [0.2, 0.25) is 0 Å². The molecule has 0 amide bonds. The Hall–Kier alpha value is -3.01. The van der Waals surface area contributed by atoms with Crippen LogP contribution in [0.1, 0.15) is 33.2 Å². The Bertz CT molecular complexity index is 939. The first-order chi connectivity index (χ1) is 10.6. The Kier molecular flexibility index (Phi) is 3.43. The van der Waals surface area contributed by atoms with Crippen molar-refractivity contribution >= 4 is 17.1 Å². The summed E-state index contributed by atoms with van der Waals surface area (Å²) in [5.74, 6) is -0.572. The predicted octanol–water partition coefficient (Wildman–Crippen LogP) is 2.73. The van der Waals surface area contributed by atoms with E-state index in [1.807, 2.05) is 6.07 Å². The molecule has 0 aliphatic heterocycles. The van der Waals surface area contributed by atoms with Crippen molar-refractivity contribution in [3.05, 3.63) is 87.8 Å². The smallest absolute Gasteiger partial charge is 0.265 e. The van der Waals surface area contributed by atoms with Gasteiger partial charge in [-0.25, -0.2) is 0 Å². The fourth-order valence-electron chi connectivity index (χ4n) is 2.43. The third-order valence-electron chi connectivity index (χ3n) is 3.53. The molecule has 0 saturated carbocycles. The van der Waals surface area contributed by atoms with Crippen LogP contribution in [0, 0.1) is 0 Å². The fourth-order valence-corrected chi connectivity index (χ4v) is 2.43. The van der Waals surface area contributed by atoms with Crippen molar-refractivity contribution in [3.8, 4) is 0 Å². The van der Waals surface area contributed by atoms with Gasteiger partial charge in [-0.1, -0.05) is 36.4 Å². The molecule has 4 heteroatoms. The van der Waals surface area contributed by atoms with Crippen LogP contribution in [0.25, 0.3) is 5.52 Å². The van der Waals surface area contributed by atoms with Crippen molar-refractivity contribution in [1.82, 2.24) is 4.40 Å². The number of hydrogen-bond acceptors (Lipinski definition) is 3. The van der Waals surface area contributed by atoms with Gasteiger partial charge in [0.15, 0.2) is 11.6 Å². The van der Waals surface area contributed by atoms with Crippen LogP contribution in [0.3, 0.4) is 0 Å². The summed E-state index contributed by atoms with van der Waals surface area (Å²) in [6, 6.07) is 15.3. The molecule has 4 nitrogen and oxygen atoms in total. The van der Waals surface area contributed by atoms with Crippen molar-refractivity contribution < 1.29 is 9.59 Å². The predicted molar refractivity (Wildman–Crippen MR) is 83.5 cm³/mol. The minimum Gasteiger partial charge on any atom is -0.294 e. The van der Waals surface area contributed by atoms with Crippen LogP contribution in [0.15, 0.2) is 65.6 Å². The van der Waals surface area contributed by atoms with Gasteiger partial charge in [0.05, 0.1) is 11.1 Å². The Morgan fingerprint density at radius 3 is 2.27 bits per heavy atom. The quantitative estimate of drug-likeness (QED) is 0.697. The van der Waals surface area contributed by atoms with E-state index in [0.29, 0.717) is 16.6 Å². The van der Waals surface area contributed by atoms with Crippen LogP contribution < -0.4 is 5.56 Å². The van der Waals surface area contributed by atoms with E-state index in [4.69, 9.17) is 0 Å². The summed E-state index contributed by atoms with van der Waals surface area (Å²) in [5, 5.41) is 0. The van der Waals surface area contributed by atoms with E-state index in [2.05, 4.69) is 0 Å². The zero-order valence-corrected chi connectivity index (χ0v) is 11.9. The van der Waals surface area contributed by atoms with Crippen LogP contribution in [-0.4, -0.2) is 16.0 Å². The number of benzene rings is 1. The van der Waals surface area contributed by atoms with Gasteiger partial charge in [0.25, 0.3) is 5.56 Å². The van der Waals surface area contributed by atoms with Crippen molar-refractivity contribution in [2.24, 2.45) is 0 Å². The zero-order chi connectivity index (χ0) is 15.7. The maximum absolute atomic E-state index is 12.7. The number of carbonyl (C=O) groups excluding carboxylic acids is 2. The molecule has 108 valence electrons. The summed E-state index contributed by atoms with van der Waals surface area (Å²) in [5.41, 5.74) is 0.958. The number of carbonyl (C=O) groups is 2. The number of aromatic nitrogens is 1. The van der Waals surface area contributed by atoms with Crippen LogP contribution in [-0.2, 0) is 0 Å². The highest BCUT2D eigenvalue weighted by Crippen LogP contribution is 2.16. The van der Waals surface area contributed by atoms with Gasteiger partial charge in [-0.2, -0.15) is 0 Å². The Morgan fingerprint density at radius 2 is 1.59 bits per heavy atom. The first-order valence-electron chi connectivity index (χ1n) is 6.84. The highest BCUT2D eigenvalue weighted by Gasteiger charge is 2.18. The Labute approximate surface area is 126 Å². The SMILES string of the molecule is CC(=O)c1cc(C(=O)c2ccccc2)c2ccccn2c1=O. The molecule has 0 radical (unpaired) electrons. The molecule has 0 aliphatic rings. The lowest BCUT2D eigenvalue weighted by atomic mass is 10.00. The number of fused-ring (bicyclic) bond motifs is 1. The number of pyridine rings is 2. The third kappa shape index (κ3) is 2.24. The van der Waals surface area contributed by atoms with Gasteiger partial charge in [0.2, 0.25) is 0 Å². The monoisotopic (exact) mass is 291 g/mol. The Morgan fingerprint density at radius 1 is 0.909 bits per heavy atom. The molecule has 2 heterocycles. The summed E-state index contributed by atoms with van der Waals surface area (Å²) >= 11 is 0. The number of Topliss-reactive ketones (excluding diaryl/α,β-unsaturated/α-hetero) is 1. The molecule has 0 bridgehead atoms. The van der Waals surface area contributed by atoms with Gasteiger partial charge in [0, 0.05) is 17.3 Å². The number of nitrogens with zero attached hydrogens (tertiary/aromatic N) is 1. The molecule has 0 spiro atoms. The lowest BCUT2D eigenvalue weighted by molar-refractivity contribution is 0.101. The van der Waals surface area contributed by atoms with Gasteiger partial charge in [-0.15, -0.1) is 0 Å². The average molecular weight is 291 g/mol. The van der Waals surface area contributed by atoms with Gasteiger partial charge in [0.1, 0.15) is 0 Å². The molecule has 1 aromatic carbocycles. The van der Waals surface area contributed by atoms with E-state index >= 15 is 0 Å². The largest absolute Gasteiger partial charge is 0.294 e. The van der Waals surface area contributed by atoms with Gasteiger partial charge < -0.3 is 0 Å². The first-order valence-corrected chi connectivity index (χ1v) is 6.84. The van der Waals surface area contributed by atoms with Gasteiger partial charge >= 0.3 is 0 Å². The number of hydrogen-bond donors (Lipinski definition) is 0. The van der Waals surface area contributed by atoms with Gasteiger partial charge in [-0.3, -0.25) is 18.8 Å². The molecule has 3 aromatic rings.